The lowest BCUT2D eigenvalue weighted by Crippen LogP contribution is -2.35. The van der Waals surface area contributed by atoms with Gasteiger partial charge in [0.1, 0.15) is 11.5 Å². The normalized spacial score (nSPS) is 12.5. The fourth-order valence-electron chi connectivity index (χ4n) is 3.23. The van der Waals surface area contributed by atoms with Crippen LogP contribution in [0.5, 0.6) is 11.5 Å². The zero-order valence-corrected chi connectivity index (χ0v) is 17.6. The molecule has 0 saturated heterocycles. The third-order valence-electron chi connectivity index (χ3n) is 4.93. The van der Waals surface area contributed by atoms with E-state index in [9.17, 15) is 18.0 Å². The molecule has 0 aliphatic heterocycles. The lowest BCUT2D eigenvalue weighted by molar-refractivity contribution is -0.137. The molecule has 32 heavy (non-hydrogen) atoms. The zero-order valence-electron chi connectivity index (χ0n) is 17.6. The van der Waals surface area contributed by atoms with E-state index in [1.165, 1.54) is 12.1 Å². The van der Waals surface area contributed by atoms with Crippen LogP contribution in [0, 0.1) is 0 Å². The summed E-state index contributed by atoms with van der Waals surface area (Å²) in [6.07, 6.45) is -3.67. The molecule has 0 fully saturated rings. The minimum atomic E-state index is -4.40. The summed E-state index contributed by atoms with van der Waals surface area (Å²) < 4.78 is 44.0. The van der Waals surface area contributed by atoms with Crippen LogP contribution in [0.3, 0.4) is 0 Å². The van der Waals surface area contributed by atoms with E-state index < -0.39 is 11.7 Å². The average molecular weight is 446 g/mol. The molecule has 0 radical (unpaired) electrons. The minimum absolute atomic E-state index is 0.0428. The van der Waals surface area contributed by atoms with Gasteiger partial charge in [-0.1, -0.05) is 12.1 Å². The molecule has 1 atom stereocenters. The molecule has 5 nitrogen and oxygen atoms in total. The van der Waals surface area contributed by atoms with Crippen LogP contribution >= 0.6 is 0 Å². The van der Waals surface area contributed by atoms with Crippen molar-refractivity contribution in [1.29, 1.82) is 0 Å². The molecule has 1 unspecified atom stereocenters. The van der Waals surface area contributed by atoms with Crippen molar-refractivity contribution in [2.24, 2.45) is 0 Å². The van der Waals surface area contributed by atoms with Gasteiger partial charge in [0.25, 0.3) is 5.91 Å². The molecule has 0 saturated carbocycles. The second kappa shape index (κ2) is 10.5. The number of halogens is 3. The number of aliphatic hydroxyl groups excluding tert-OH is 1. The Balaban J connectivity index is 1.70. The van der Waals surface area contributed by atoms with Crippen molar-refractivity contribution < 1.29 is 27.8 Å². The van der Waals surface area contributed by atoms with Gasteiger partial charge in [-0.15, -0.1) is 0 Å². The summed E-state index contributed by atoms with van der Waals surface area (Å²) in [5, 5.41) is 16.3. The average Bonchev–Trinajstić information content (AvgIpc) is 2.76. The molecule has 0 spiro atoms. The van der Waals surface area contributed by atoms with E-state index in [0.29, 0.717) is 24.4 Å². The van der Waals surface area contributed by atoms with Crippen molar-refractivity contribution in [3.63, 3.8) is 0 Å². The topological polar surface area (TPSA) is 70.6 Å². The van der Waals surface area contributed by atoms with E-state index >= 15 is 0 Å². The minimum Gasteiger partial charge on any atom is -0.457 e. The highest BCUT2D eigenvalue weighted by Crippen LogP contribution is 2.33. The summed E-state index contributed by atoms with van der Waals surface area (Å²) in [6.45, 7) is 3.19. The number of rotatable bonds is 9. The predicted octanol–water partition coefficient (Wildman–Crippen LogP) is 4.74. The molecule has 0 aliphatic carbocycles. The molecular weight excluding hydrogens is 421 g/mol. The Morgan fingerprint density at radius 3 is 2.50 bits per heavy atom. The number of ether oxygens (including phenoxy) is 1. The summed E-state index contributed by atoms with van der Waals surface area (Å²) in [7, 11) is 0. The largest absolute Gasteiger partial charge is 0.457 e. The van der Waals surface area contributed by atoms with Gasteiger partial charge < -0.3 is 20.5 Å². The summed E-state index contributed by atoms with van der Waals surface area (Å²) in [5.74, 6) is 0.573. The van der Waals surface area contributed by atoms with Gasteiger partial charge in [0.05, 0.1) is 12.2 Å². The highest BCUT2D eigenvalue weighted by molar-refractivity contribution is 6.00. The van der Waals surface area contributed by atoms with Crippen LogP contribution < -0.4 is 15.4 Å². The molecule has 8 heteroatoms. The van der Waals surface area contributed by atoms with E-state index in [1.807, 2.05) is 13.0 Å². The Morgan fingerprint density at radius 1 is 1.06 bits per heavy atom. The van der Waals surface area contributed by atoms with Gasteiger partial charge in [-0.25, -0.2) is 0 Å². The molecule has 3 rings (SSSR count). The van der Waals surface area contributed by atoms with Crippen LogP contribution in [0.4, 0.5) is 13.2 Å². The number of benzene rings is 3. The van der Waals surface area contributed by atoms with Gasteiger partial charge in [-0.2, -0.15) is 13.2 Å². The number of alkyl halides is 3. The lowest BCUT2D eigenvalue weighted by atomic mass is 10.1. The highest BCUT2D eigenvalue weighted by Gasteiger charge is 2.30. The summed E-state index contributed by atoms with van der Waals surface area (Å²) in [5.41, 5.74) is -0.240. The zero-order chi connectivity index (χ0) is 23.1. The summed E-state index contributed by atoms with van der Waals surface area (Å²) in [4.78, 5) is 12.6. The molecule has 0 heterocycles. The first-order valence-corrected chi connectivity index (χ1v) is 10.3. The number of nitrogens with one attached hydrogen (secondary N) is 2. The molecule has 0 aromatic heterocycles. The van der Waals surface area contributed by atoms with E-state index in [2.05, 4.69) is 10.6 Å². The Hall–Kier alpha value is -3.10. The van der Waals surface area contributed by atoms with Gasteiger partial charge in [-0.05, 0) is 73.8 Å². The maximum absolute atomic E-state index is 12.7. The third-order valence-corrected chi connectivity index (χ3v) is 4.93. The van der Waals surface area contributed by atoms with Crippen molar-refractivity contribution >= 4 is 16.7 Å². The van der Waals surface area contributed by atoms with Gasteiger partial charge >= 0.3 is 6.18 Å². The number of carbonyl (C=O) groups is 1. The number of hydrogen-bond acceptors (Lipinski definition) is 4. The number of fused-ring (bicyclic) bond motifs is 1. The van der Waals surface area contributed by atoms with Crippen molar-refractivity contribution in [3.8, 4) is 11.5 Å². The van der Waals surface area contributed by atoms with Crippen LogP contribution in [0.15, 0.2) is 60.7 Å². The number of amides is 1. The molecule has 170 valence electrons. The van der Waals surface area contributed by atoms with Crippen LogP contribution in [0.25, 0.3) is 10.8 Å². The van der Waals surface area contributed by atoms with Crippen molar-refractivity contribution in [2.45, 2.75) is 25.6 Å². The van der Waals surface area contributed by atoms with E-state index in [4.69, 9.17) is 9.84 Å². The Morgan fingerprint density at radius 2 is 1.81 bits per heavy atom. The summed E-state index contributed by atoms with van der Waals surface area (Å²) >= 11 is 0. The predicted molar refractivity (Wildman–Crippen MR) is 117 cm³/mol. The first-order valence-electron chi connectivity index (χ1n) is 10.3. The monoisotopic (exact) mass is 446 g/mol. The molecule has 3 aromatic rings. The summed E-state index contributed by atoms with van der Waals surface area (Å²) in [6, 6.07) is 15.0. The first-order chi connectivity index (χ1) is 15.3. The van der Waals surface area contributed by atoms with Crippen LogP contribution in [0.2, 0.25) is 0 Å². The quantitative estimate of drug-likeness (QED) is 0.415. The molecule has 3 N–H and O–H groups in total. The molecular formula is C24H25F3N2O3. The van der Waals surface area contributed by atoms with Gasteiger partial charge in [0.15, 0.2) is 0 Å². The van der Waals surface area contributed by atoms with Crippen LogP contribution in [-0.2, 0) is 6.18 Å². The number of aliphatic hydroxyl groups is 1. The van der Waals surface area contributed by atoms with Crippen molar-refractivity contribution in [1.82, 2.24) is 10.6 Å². The fraction of sp³-hybridized carbons (Fsp3) is 0.292. The Kier molecular flexibility index (Phi) is 7.71. The second-order valence-corrected chi connectivity index (χ2v) is 7.45. The lowest BCUT2D eigenvalue weighted by Gasteiger charge is -2.15. The Bertz CT molecular complexity index is 1050. The Labute approximate surface area is 184 Å². The van der Waals surface area contributed by atoms with Crippen molar-refractivity contribution in [3.05, 3.63) is 71.8 Å². The van der Waals surface area contributed by atoms with Crippen LogP contribution in [0.1, 0.15) is 29.3 Å². The molecule has 1 amide bonds. The number of carbonyl (C=O) groups excluding carboxylic acids is 1. The van der Waals surface area contributed by atoms with E-state index in [1.54, 1.807) is 30.3 Å². The maximum Gasteiger partial charge on any atom is 0.416 e. The standard InChI is InChI=1S/C24H25F3N2O3/c1-16(11-12-28-13-14-30)29-23(31)18-5-10-21-17(15-18)3-2-4-22(21)32-20-8-6-19(7-9-20)24(25,26)27/h2-10,15-16,28,30H,11-14H2,1H3,(H,29,31). The maximum atomic E-state index is 12.7. The van der Waals surface area contributed by atoms with E-state index in [-0.39, 0.29) is 24.3 Å². The van der Waals surface area contributed by atoms with Gasteiger partial charge in [-0.3, -0.25) is 4.79 Å². The van der Waals surface area contributed by atoms with Gasteiger partial charge in [0, 0.05) is 23.5 Å². The van der Waals surface area contributed by atoms with Crippen molar-refractivity contribution in [2.75, 3.05) is 19.7 Å². The molecule has 0 aliphatic rings. The highest BCUT2D eigenvalue weighted by atomic mass is 19.4. The molecule has 0 bridgehead atoms. The fourth-order valence-corrected chi connectivity index (χ4v) is 3.23. The third kappa shape index (κ3) is 6.21. The first kappa shape index (κ1) is 23.6. The molecule has 3 aromatic carbocycles. The van der Waals surface area contributed by atoms with Gasteiger partial charge in [0.2, 0.25) is 0 Å². The second-order valence-electron chi connectivity index (χ2n) is 7.45. The van der Waals surface area contributed by atoms with E-state index in [0.717, 1.165) is 29.3 Å². The van der Waals surface area contributed by atoms with Crippen LogP contribution in [-0.4, -0.2) is 36.8 Å². The number of hydrogen-bond donors (Lipinski definition) is 3. The SMILES string of the molecule is CC(CCNCCO)NC(=O)c1ccc2c(Oc3ccc(C(F)(F)F)cc3)cccc2c1. The smallest absolute Gasteiger partial charge is 0.416 e.